The summed E-state index contributed by atoms with van der Waals surface area (Å²) in [5, 5.41) is 9.77. The zero-order chi connectivity index (χ0) is 32.8. The fourth-order valence-corrected chi connectivity index (χ4v) is 10.4. The molecule has 3 aromatic rings. The molecule has 46 heavy (non-hydrogen) atoms. The second-order valence-electron chi connectivity index (χ2n) is 13.1. The van der Waals surface area contributed by atoms with Crippen LogP contribution in [0.3, 0.4) is 0 Å². The van der Waals surface area contributed by atoms with Crippen molar-refractivity contribution in [3.8, 4) is 0 Å². The van der Waals surface area contributed by atoms with E-state index in [1.807, 2.05) is 92.8 Å². The summed E-state index contributed by atoms with van der Waals surface area (Å²) < 4.78 is 7.66. The molecule has 6 rings (SSSR count). The molecule has 2 saturated heterocycles. The molecule has 3 heterocycles. The van der Waals surface area contributed by atoms with E-state index in [4.69, 9.17) is 4.74 Å². The van der Waals surface area contributed by atoms with Crippen LogP contribution in [-0.2, 0) is 37.8 Å². The molecule has 0 radical (unpaired) electrons. The van der Waals surface area contributed by atoms with Crippen LogP contribution in [0.2, 0.25) is 18.6 Å². The third-order valence-electron chi connectivity index (χ3n) is 9.70. The highest BCUT2D eigenvalue weighted by atomic mass is 79.9. The van der Waals surface area contributed by atoms with E-state index in [1.54, 1.807) is 14.7 Å². The Hall–Kier alpha value is -3.35. The summed E-state index contributed by atoms with van der Waals surface area (Å²) in [5.74, 6) is -0.728. The maximum absolute atomic E-state index is 14.7. The molecule has 0 bridgehead atoms. The normalized spacial score (nSPS) is 24.0. The zero-order valence-electron chi connectivity index (χ0n) is 26.4. The lowest BCUT2D eigenvalue weighted by atomic mass is 9.82. The van der Waals surface area contributed by atoms with Crippen molar-refractivity contribution < 1.29 is 29.0 Å². The van der Waals surface area contributed by atoms with Crippen LogP contribution in [0.5, 0.6) is 0 Å². The Morgan fingerprint density at radius 3 is 2.39 bits per heavy atom. The first-order chi connectivity index (χ1) is 21.9. The van der Waals surface area contributed by atoms with Gasteiger partial charge in [-0.3, -0.25) is 14.4 Å². The molecule has 3 amide bonds. The third kappa shape index (κ3) is 5.83. The number of carbonyl (C=O) groups excluding carboxylic acids is 3. The quantitative estimate of drug-likeness (QED) is 0.229. The number of β-lactam (4-membered cyclic amide) rings is 1. The molecule has 9 nitrogen and oxygen atoms in total. The molecule has 242 valence electrons. The van der Waals surface area contributed by atoms with Crippen LogP contribution >= 0.6 is 15.9 Å². The van der Waals surface area contributed by atoms with E-state index in [-0.39, 0.29) is 37.3 Å². The van der Waals surface area contributed by atoms with Crippen molar-refractivity contribution >= 4 is 53.3 Å². The number of rotatable bonds is 10. The van der Waals surface area contributed by atoms with Gasteiger partial charge in [0.25, 0.3) is 5.91 Å². The average molecular weight is 707 g/mol. The molecule has 0 aromatic heterocycles. The first-order valence-electron chi connectivity index (χ1n) is 15.8. The molecule has 4 atom stereocenters. The molecule has 3 aliphatic rings. The van der Waals surface area contributed by atoms with Crippen LogP contribution in [0.1, 0.15) is 36.5 Å². The third-order valence-corrected chi connectivity index (χ3v) is 12.7. The summed E-state index contributed by atoms with van der Waals surface area (Å²) in [4.78, 5) is 57.2. The van der Waals surface area contributed by atoms with Gasteiger partial charge in [0, 0.05) is 53.2 Å². The summed E-state index contributed by atoms with van der Waals surface area (Å²) in [7, 11) is -2.98. The van der Waals surface area contributed by atoms with E-state index in [1.165, 1.54) is 0 Å². The van der Waals surface area contributed by atoms with Gasteiger partial charge in [0.15, 0.2) is 13.9 Å². The Morgan fingerprint density at radius 2 is 1.78 bits per heavy atom. The number of fused-ring (bicyclic) bond motifs is 2. The van der Waals surface area contributed by atoms with Crippen molar-refractivity contribution in [1.82, 2.24) is 4.90 Å². The number of aliphatic hydroxyl groups is 1. The molecule has 2 fully saturated rings. The van der Waals surface area contributed by atoms with Gasteiger partial charge >= 0.3 is 0 Å². The predicted molar refractivity (Wildman–Crippen MR) is 181 cm³/mol. The minimum absolute atomic E-state index is 0.0200. The van der Waals surface area contributed by atoms with Gasteiger partial charge in [0.1, 0.15) is 0 Å². The molecule has 3 aliphatic heterocycles. The summed E-state index contributed by atoms with van der Waals surface area (Å²) in [5.41, 5.74) is 2.35. The van der Waals surface area contributed by atoms with E-state index >= 15 is 0 Å². The summed E-state index contributed by atoms with van der Waals surface area (Å²) in [6, 6.07) is 23.0. The number of halogens is 1. The lowest BCUT2D eigenvalue weighted by Gasteiger charge is -2.33. The topological polar surface area (TPSA) is 111 Å². The fraction of sp³-hybridized carbons (Fsp3) is 0.400. The standard InChI is InChI=1S/C35H40BrN3O6Si/c1-23-33(46(2,3)44)30(20-32(42)37(17-18-40)21-24-7-5-4-6-8-24)45-35(23)28-19-26(36)11-14-29(28)39(34(35)43)22-25-9-12-27(13-10-25)38-16-15-31(38)41/h4-14,19,23,30,33,40,44H,15-18,20-22H2,1-3H3/t23-,30+,33-,35+/m0/s1. The number of hydrogen-bond acceptors (Lipinski definition) is 6. The van der Waals surface area contributed by atoms with E-state index < -0.39 is 31.5 Å². The number of nitrogens with zero attached hydrogens (tertiary/aromatic N) is 3. The maximum atomic E-state index is 14.7. The number of hydrogen-bond donors (Lipinski definition) is 2. The van der Waals surface area contributed by atoms with Gasteiger partial charge in [-0.2, -0.15) is 0 Å². The van der Waals surface area contributed by atoms with Crippen molar-refractivity contribution in [3.05, 3.63) is 94.0 Å². The Bertz CT molecular complexity index is 1630. The van der Waals surface area contributed by atoms with Gasteiger partial charge in [0.05, 0.1) is 31.4 Å². The lowest BCUT2D eigenvalue weighted by Crippen LogP contribution is -2.46. The molecule has 3 aromatic carbocycles. The van der Waals surface area contributed by atoms with Crippen LogP contribution in [0.4, 0.5) is 11.4 Å². The Balaban J connectivity index is 1.31. The van der Waals surface area contributed by atoms with Crippen LogP contribution < -0.4 is 9.80 Å². The average Bonchev–Trinajstić information content (AvgIpc) is 3.43. The molecule has 0 saturated carbocycles. The van der Waals surface area contributed by atoms with Crippen molar-refractivity contribution in [3.63, 3.8) is 0 Å². The van der Waals surface area contributed by atoms with E-state index in [0.717, 1.165) is 32.5 Å². The highest BCUT2D eigenvalue weighted by Gasteiger charge is 2.66. The molecular weight excluding hydrogens is 666 g/mol. The minimum Gasteiger partial charge on any atom is -0.432 e. The van der Waals surface area contributed by atoms with Crippen LogP contribution in [-0.4, -0.2) is 66.6 Å². The van der Waals surface area contributed by atoms with Crippen LogP contribution in [0.15, 0.2) is 77.3 Å². The van der Waals surface area contributed by atoms with Gasteiger partial charge in [-0.15, -0.1) is 0 Å². The Kier molecular flexibility index (Phi) is 8.99. The predicted octanol–water partition coefficient (Wildman–Crippen LogP) is 4.94. The van der Waals surface area contributed by atoms with Crippen molar-refractivity contribution in [2.24, 2.45) is 5.92 Å². The summed E-state index contributed by atoms with van der Waals surface area (Å²) >= 11 is 3.60. The molecule has 0 aliphatic carbocycles. The Morgan fingerprint density at radius 1 is 1.07 bits per heavy atom. The van der Waals surface area contributed by atoms with Crippen molar-refractivity contribution in [2.45, 2.75) is 63.2 Å². The lowest BCUT2D eigenvalue weighted by molar-refractivity contribution is -0.150. The number of carbonyl (C=O) groups is 3. The number of anilines is 2. The van der Waals surface area contributed by atoms with E-state index in [9.17, 15) is 24.3 Å². The van der Waals surface area contributed by atoms with Crippen LogP contribution in [0, 0.1) is 5.92 Å². The molecule has 11 heteroatoms. The fourth-order valence-electron chi connectivity index (χ4n) is 7.48. The first kappa shape index (κ1) is 32.6. The largest absolute Gasteiger partial charge is 0.432 e. The maximum Gasteiger partial charge on any atom is 0.264 e. The molecule has 0 unspecified atom stereocenters. The minimum atomic E-state index is -2.98. The molecule has 1 spiro atoms. The smallest absolute Gasteiger partial charge is 0.264 e. The SMILES string of the molecule is C[C@H]1[C@H]([Si](C)(C)O)[C@@H](CC(=O)N(CCO)Cc2ccccc2)O[C@]12C(=O)N(Cc1ccc(N3CCC3=O)cc1)c1ccc(Br)cc12. The molecule has 2 N–H and O–H groups in total. The first-order valence-corrected chi connectivity index (χ1v) is 19.6. The Labute approximate surface area is 279 Å². The van der Waals surface area contributed by atoms with Gasteiger partial charge < -0.3 is 29.3 Å². The second kappa shape index (κ2) is 12.7. The number of ether oxygens (including phenoxy) is 1. The van der Waals surface area contributed by atoms with E-state index in [2.05, 4.69) is 15.9 Å². The number of amides is 3. The highest BCUT2D eigenvalue weighted by molar-refractivity contribution is 9.10. The summed E-state index contributed by atoms with van der Waals surface area (Å²) in [6.07, 6.45) is -0.159. The number of aliphatic hydroxyl groups excluding tert-OH is 1. The van der Waals surface area contributed by atoms with Gasteiger partial charge in [-0.05, 0) is 54.6 Å². The number of benzene rings is 3. The monoisotopic (exact) mass is 705 g/mol. The summed E-state index contributed by atoms with van der Waals surface area (Å²) in [6.45, 7) is 6.97. The van der Waals surface area contributed by atoms with Gasteiger partial charge in [-0.25, -0.2) is 0 Å². The van der Waals surface area contributed by atoms with Crippen LogP contribution in [0.25, 0.3) is 0 Å². The highest BCUT2D eigenvalue weighted by Crippen LogP contribution is 2.60. The van der Waals surface area contributed by atoms with Gasteiger partial charge in [-0.1, -0.05) is 65.3 Å². The van der Waals surface area contributed by atoms with E-state index in [0.29, 0.717) is 26.1 Å². The van der Waals surface area contributed by atoms with Crippen molar-refractivity contribution in [2.75, 3.05) is 29.5 Å². The second-order valence-corrected chi connectivity index (χ2v) is 18.0. The van der Waals surface area contributed by atoms with Gasteiger partial charge in [0.2, 0.25) is 11.8 Å². The van der Waals surface area contributed by atoms with Crippen molar-refractivity contribution in [1.29, 1.82) is 0 Å². The molecular formula is C35H40BrN3O6Si. The zero-order valence-corrected chi connectivity index (χ0v) is 28.9.